The highest BCUT2D eigenvalue weighted by molar-refractivity contribution is 9.10. The number of pyridine rings is 1. The molecule has 24 heavy (non-hydrogen) atoms. The van der Waals surface area contributed by atoms with Gasteiger partial charge in [0.1, 0.15) is 6.04 Å². The molecule has 2 aromatic rings. The van der Waals surface area contributed by atoms with Gasteiger partial charge in [0.15, 0.2) is 0 Å². The van der Waals surface area contributed by atoms with Crippen LogP contribution in [-0.2, 0) is 4.79 Å². The minimum atomic E-state index is -1.01. The van der Waals surface area contributed by atoms with Crippen molar-refractivity contribution in [2.75, 3.05) is 29.9 Å². The number of carbonyl (C=O) groups excluding carboxylic acids is 1. The molecule has 0 aliphatic carbocycles. The lowest BCUT2D eigenvalue weighted by atomic mass is 10.0. The lowest BCUT2D eigenvalue weighted by Crippen LogP contribution is -2.61. The zero-order valence-electron chi connectivity index (χ0n) is 12.3. The fraction of sp³-hybridized carbons (Fsp3) is 0.267. The minimum absolute atomic E-state index is 0.134. The monoisotopic (exact) mass is 410 g/mol. The Labute approximate surface area is 150 Å². The second kappa shape index (κ2) is 5.49. The van der Waals surface area contributed by atoms with Crippen LogP contribution in [0.25, 0.3) is 10.9 Å². The average molecular weight is 412 g/mol. The van der Waals surface area contributed by atoms with Gasteiger partial charge in [0.2, 0.25) is 5.91 Å². The smallest absolute Gasteiger partial charge is 0.407 e. The number of hydrogen-bond donors (Lipinski definition) is 2. The SMILES string of the molecule is O=C1Nc2cnc3cc(Br)c(Cl)cc3c2N2CCN(C(=O)O)C[C@H]12. The first-order valence-corrected chi connectivity index (χ1v) is 8.46. The highest BCUT2D eigenvalue weighted by Crippen LogP contribution is 2.41. The van der Waals surface area contributed by atoms with E-state index in [0.29, 0.717) is 23.8 Å². The van der Waals surface area contributed by atoms with Crippen LogP contribution < -0.4 is 10.2 Å². The lowest BCUT2D eigenvalue weighted by molar-refractivity contribution is -0.118. The Bertz CT molecular complexity index is 891. The minimum Gasteiger partial charge on any atom is -0.465 e. The number of carboxylic acid groups (broad SMARTS) is 1. The molecule has 4 rings (SSSR count). The fourth-order valence-corrected chi connectivity index (χ4v) is 3.73. The van der Waals surface area contributed by atoms with Gasteiger partial charge in [0, 0.05) is 22.9 Å². The quantitative estimate of drug-likeness (QED) is 0.696. The predicted octanol–water partition coefficient (Wildman–Crippen LogP) is 2.77. The van der Waals surface area contributed by atoms with E-state index in [9.17, 15) is 14.7 Å². The molecule has 1 aromatic heterocycles. The Morgan fingerprint density at radius 1 is 1.42 bits per heavy atom. The number of amides is 2. The number of anilines is 2. The molecule has 9 heteroatoms. The highest BCUT2D eigenvalue weighted by Gasteiger charge is 2.39. The lowest BCUT2D eigenvalue weighted by Gasteiger charge is -2.44. The van der Waals surface area contributed by atoms with Gasteiger partial charge in [0.25, 0.3) is 0 Å². The van der Waals surface area contributed by atoms with Crippen LogP contribution >= 0.6 is 27.5 Å². The molecule has 1 atom stereocenters. The maximum Gasteiger partial charge on any atom is 0.407 e. The van der Waals surface area contributed by atoms with Crippen molar-refractivity contribution in [2.45, 2.75) is 6.04 Å². The van der Waals surface area contributed by atoms with E-state index in [1.807, 2.05) is 17.0 Å². The fourth-order valence-electron chi connectivity index (χ4n) is 3.24. The molecule has 7 nitrogen and oxygen atoms in total. The standard InChI is InChI=1S/C15H12BrClN4O3/c16-8-4-10-7(3-9(8)17)13-11(5-18-10)19-14(22)12-6-20(15(23)24)1-2-21(12)13/h3-5,12H,1-2,6H2,(H,19,22)(H,23,24)/t12-/m1/s1. The predicted molar refractivity (Wildman–Crippen MR) is 93.8 cm³/mol. The Morgan fingerprint density at radius 3 is 2.96 bits per heavy atom. The molecule has 0 unspecified atom stereocenters. The van der Waals surface area contributed by atoms with E-state index >= 15 is 0 Å². The van der Waals surface area contributed by atoms with Gasteiger partial charge in [-0.25, -0.2) is 4.79 Å². The summed E-state index contributed by atoms with van der Waals surface area (Å²) < 4.78 is 0.746. The van der Waals surface area contributed by atoms with Crippen molar-refractivity contribution in [3.8, 4) is 0 Å². The number of nitrogens with zero attached hydrogens (tertiary/aromatic N) is 3. The van der Waals surface area contributed by atoms with E-state index in [-0.39, 0.29) is 12.5 Å². The van der Waals surface area contributed by atoms with Crippen molar-refractivity contribution < 1.29 is 14.7 Å². The molecule has 2 aliphatic heterocycles. The van der Waals surface area contributed by atoms with E-state index in [0.717, 1.165) is 21.1 Å². The van der Waals surface area contributed by atoms with Crippen molar-refractivity contribution in [1.82, 2.24) is 9.88 Å². The zero-order chi connectivity index (χ0) is 17.0. The third-order valence-electron chi connectivity index (χ3n) is 4.38. The second-order valence-corrected chi connectivity index (χ2v) is 6.99. The first-order valence-electron chi connectivity index (χ1n) is 7.29. The molecule has 1 saturated heterocycles. The number of benzene rings is 1. The molecule has 1 fully saturated rings. The molecule has 0 spiro atoms. The molecular formula is C15H12BrClN4O3. The molecule has 0 bridgehead atoms. The molecule has 124 valence electrons. The molecular weight excluding hydrogens is 400 g/mol. The van der Waals surface area contributed by atoms with E-state index in [1.165, 1.54) is 4.90 Å². The molecule has 2 amide bonds. The maximum atomic E-state index is 12.4. The highest BCUT2D eigenvalue weighted by atomic mass is 79.9. The summed E-state index contributed by atoms with van der Waals surface area (Å²) in [6, 6.07) is 3.08. The first kappa shape index (κ1) is 15.5. The van der Waals surface area contributed by atoms with Crippen LogP contribution in [-0.4, -0.2) is 52.7 Å². The van der Waals surface area contributed by atoms with E-state index in [4.69, 9.17) is 11.6 Å². The zero-order valence-corrected chi connectivity index (χ0v) is 14.6. The van der Waals surface area contributed by atoms with Crippen LogP contribution in [0.3, 0.4) is 0 Å². The van der Waals surface area contributed by atoms with Gasteiger partial charge in [-0.3, -0.25) is 9.78 Å². The largest absolute Gasteiger partial charge is 0.465 e. The van der Waals surface area contributed by atoms with Crippen LogP contribution in [0, 0.1) is 0 Å². The second-order valence-electron chi connectivity index (χ2n) is 5.73. The summed E-state index contributed by atoms with van der Waals surface area (Å²) >= 11 is 9.62. The van der Waals surface area contributed by atoms with Crippen molar-refractivity contribution in [1.29, 1.82) is 0 Å². The number of aromatic nitrogens is 1. The van der Waals surface area contributed by atoms with Gasteiger partial charge in [-0.15, -0.1) is 0 Å². The van der Waals surface area contributed by atoms with Gasteiger partial charge < -0.3 is 20.2 Å². The Balaban J connectivity index is 1.87. The van der Waals surface area contributed by atoms with E-state index < -0.39 is 12.1 Å². The molecule has 0 saturated carbocycles. The van der Waals surface area contributed by atoms with Crippen molar-refractivity contribution in [3.63, 3.8) is 0 Å². The van der Waals surface area contributed by atoms with Crippen LogP contribution in [0.1, 0.15) is 0 Å². The molecule has 0 radical (unpaired) electrons. The van der Waals surface area contributed by atoms with Gasteiger partial charge in [-0.1, -0.05) is 11.6 Å². The number of fused-ring (bicyclic) bond motifs is 5. The Morgan fingerprint density at radius 2 is 2.21 bits per heavy atom. The summed E-state index contributed by atoms with van der Waals surface area (Å²) in [4.78, 5) is 31.2. The summed E-state index contributed by atoms with van der Waals surface area (Å²) in [6.07, 6.45) is 0.607. The number of hydrogen-bond acceptors (Lipinski definition) is 4. The van der Waals surface area contributed by atoms with Crippen molar-refractivity contribution in [2.24, 2.45) is 0 Å². The number of carbonyl (C=O) groups is 2. The number of halogens is 2. The average Bonchev–Trinajstić information content (AvgIpc) is 2.55. The third-order valence-corrected chi connectivity index (χ3v) is 5.58. The Hall–Kier alpha value is -2.06. The third kappa shape index (κ3) is 2.29. The summed E-state index contributed by atoms with van der Waals surface area (Å²) in [5.41, 5.74) is 2.20. The van der Waals surface area contributed by atoms with Crippen molar-refractivity contribution in [3.05, 3.63) is 27.8 Å². The van der Waals surface area contributed by atoms with Gasteiger partial charge in [-0.05, 0) is 28.1 Å². The molecule has 2 N–H and O–H groups in total. The summed E-state index contributed by atoms with van der Waals surface area (Å²) in [5, 5.41) is 13.4. The molecule has 1 aromatic carbocycles. The van der Waals surface area contributed by atoms with Crippen LogP contribution in [0.4, 0.5) is 16.2 Å². The first-order chi connectivity index (χ1) is 11.5. The normalized spacial score (nSPS) is 19.8. The summed E-state index contributed by atoms with van der Waals surface area (Å²) in [6.45, 7) is 0.908. The number of piperazine rings is 1. The maximum absolute atomic E-state index is 12.4. The number of nitrogens with one attached hydrogen (secondary N) is 1. The van der Waals surface area contributed by atoms with Crippen LogP contribution in [0.2, 0.25) is 5.02 Å². The van der Waals surface area contributed by atoms with Gasteiger partial charge in [0.05, 0.1) is 34.7 Å². The van der Waals surface area contributed by atoms with E-state index in [1.54, 1.807) is 6.20 Å². The van der Waals surface area contributed by atoms with Gasteiger partial charge >= 0.3 is 6.09 Å². The summed E-state index contributed by atoms with van der Waals surface area (Å²) in [7, 11) is 0. The number of rotatable bonds is 0. The Kier molecular flexibility index (Phi) is 3.54. The molecule has 3 heterocycles. The summed E-state index contributed by atoms with van der Waals surface area (Å²) in [5.74, 6) is -0.224. The van der Waals surface area contributed by atoms with Crippen molar-refractivity contribution >= 4 is 61.8 Å². The van der Waals surface area contributed by atoms with E-state index in [2.05, 4.69) is 26.2 Å². The van der Waals surface area contributed by atoms with Crippen LogP contribution in [0.15, 0.2) is 22.8 Å². The topological polar surface area (TPSA) is 85.8 Å². The molecule has 2 aliphatic rings. The van der Waals surface area contributed by atoms with Gasteiger partial charge in [-0.2, -0.15) is 0 Å². The van der Waals surface area contributed by atoms with Crippen LogP contribution in [0.5, 0.6) is 0 Å².